The summed E-state index contributed by atoms with van der Waals surface area (Å²) in [6.45, 7) is 1.90. The van der Waals surface area contributed by atoms with Crippen molar-refractivity contribution in [2.45, 2.75) is 56.5 Å². The van der Waals surface area contributed by atoms with Crippen LogP contribution in [0.4, 0.5) is 4.39 Å². The first-order chi connectivity index (χ1) is 14.5. The van der Waals surface area contributed by atoms with Crippen LogP contribution in [-0.4, -0.2) is 53.6 Å². The van der Waals surface area contributed by atoms with Gasteiger partial charge in [0, 0.05) is 37.1 Å². The van der Waals surface area contributed by atoms with Gasteiger partial charge in [0.05, 0.1) is 17.3 Å². The number of H-pyrrole nitrogens is 1. The van der Waals surface area contributed by atoms with Gasteiger partial charge in [-0.1, -0.05) is 5.10 Å². The smallest absolute Gasteiger partial charge is 0.336 e. The van der Waals surface area contributed by atoms with Gasteiger partial charge < -0.3 is 15.0 Å². The summed E-state index contributed by atoms with van der Waals surface area (Å²) >= 11 is 0. The van der Waals surface area contributed by atoms with Crippen molar-refractivity contribution in [1.29, 1.82) is 0 Å². The lowest BCUT2D eigenvalue weighted by molar-refractivity contribution is -0.0367. The fourth-order valence-corrected chi connectivity index (χ4v) is 4.43. The van der Waals surface area contributed by atoms with E-state index in [2.05, 4.69) is 30.5 Å². The van der Waals surface area contributed by atoms with E-state index in [1.807, 2.05) is 6.92 Å². The summed E-state index contributed by atoms with van der Waals surface area (Å²) in [7, 11) is 0. The number of piperidine rings is 2. The molecular formula is C20H22FN7O2. The Hall–Kier alpha value is -3.14. The molecule has 2 fully saturated rings. The average Bonchev–Trinajstić information content (AvgIpc) is 3.28. The normalized spacial score (nSPS) is 28.3. The average molecular weight is 411 g/mol. The SMILES string of the molecule is C[C@@]12CCCC(C[C@H](Oc3ncc(-c4c[nH]c(-n5ccnc5)cc4=O)nn3)[C@H]1F)N2. The molecule has 30 heavy (non-hydrogen) atoms. The van der Waals surface area contributed by atoms with Gasteiger partial charge in [-0.25, -0.2) is 14.4 Å². The zero-order valence-corrected chi connectivity index (χ0v) is 16.5. The molecule has 2 bridgehead atoms. The highest BCUT2D eigenvalue weighted by Crippen LogP contribution is 2.37. The van der Waals surface area contributed by atoms with Crippen LogP contribution in [0, 0.1) is 0 Å². The van der Waals surface area contributed by atoms with Gasteiger partial charge in [0.15, 0.2) is 11.6 Å². The minimum absolute atomic E-state index is 0.0152. The molecule has 0 spiro atoms. The lowest BCUT2D eigenvalue weighted by Crippen LogP contribution is -2.66. The van der Waals surface area contributed by atoms with Crippen molar-refractivity contribution in [2.75, 3.05) is 0 Å². The molecule has 0 aliphatic carbocycles. The first-order valence-corrected chi connectivity index (χ1v) is 10.0. The molecule has 0 aromatic carbocycles. The van der Waals surface area contributed by atoms with Crippen molar-refractivity contribution >= 4 is 0 Å². The standard InChI is InChI=1S/C20H22FN7O2/c1-20-4-2-3-12(25-20)7-16(18(20)21)30-19-24-10-14(26-27-19)13-9-23-17(8-15(13)29)28-6-5-22-11-28/h5-6,8-12,16,18,25H,2-4,7H2,1H3,(H,23,29)/t12?,16-,18+,20+/m0/s1. The van der Waals surface area contributed by atoms with E-state index in [4.69, 9.17) is 4.74 Å². The number of nitrogens with one attached hydrogen (secondary N) is 2. The predicted molar refractivity (Wildman–Crippen MR) is 106 cm³/mol. The van der Waals surface area contributed by atoms with Crippen molar-refractivity contribution in [3.05, 3.63) is 47.4 Å². The molecule has 10 heteroatoms. The number of imidazole rings is 1. The van der Waals surface area contributed by atoms with Gasteiger partial charge in [-0.2, -0.15) is 0 Å². The summed E-state index contributed by atoms with van der Waals surface area (Å²) in [6, 6.07) is 1.70. The molecule has 2 saturated heterocycles. The van der Waals surface area contributed by atoms with Crippen LogP contribution in [0.5, 0.6) is 6.01 Å². The highest BCUT2D eigenvalue weighted by molar-refractivity contribution is 5.57. The van der Waals surface area contributed by atoms with Gasteiger partial charge in [-0.05, 0) is 26.2 Å². The number of hydrogen-bond acceptors (Lipinski definition) is 7. The molecule has 156 valence electrons. The maximum absolute atomic E-state index is 15.0. The molecule has 0 radical (unpaired) electrons. The highest BCUT2D eigenvalue weighted by atomic mass is 19.1. The van der Waals surface area contributed by atoms with Crippen LogP contribution < -0.4 is 15.5 Å². The van der Waals surface area contributed by atoms with E-state index >= 15 is 4.39 Å². The van der Waals surface area contributed by atoms with Gasteiger partial charge in [0.1, 0.15) is 23.9 Å². The number of rotatable bonds is 4. The Kier molecular flexibility index (Phi) is 4.58. The number of hydrogen-bond donors (Lipinski definition) is 2. The first-order valence-electron chi connectivity index (χ1n) is 10.0. The monoisotopic (exact) mass is 411 g/mol. The number of nitrogens with zero attached hydrogens (tertiary/aromatic N) is 5. The van der Waals surface area contributed by atoms with E-state index < -0.39 is 17.8 Å². The van der Waals surface area contributed by atoms with E-state index in [1.165, 1.54) is 12.3 Å². The van der Waals surface area contributed by atoms with Crippen LogP contribution in [-0.2, 0) is 0 Å². The van der Waals surface area contributed by atoms with Crippen molar-refractivity contribution < 1.29 is 9.13 Å². The van der Waals surface area contributed by atoms with Crippen LogP contribution in [0.3, 0.4) is 0 Å². The summed E-state index contributed by atoms with van der Waals surface area (Å²) in [4.78, 5) is 23.6. The van der Waals surface area contributed by atoms with Gasteiger partial charge >= 0.3 is 6.01 Å². The molecule has 2 aliphatic heterocycles. The van der Waals surface area contributed by atoms with Gasteiger partial charge in [-0.3, -0.25) is 9.36 Å². The third kappa shape index (κ3) is 3.36. The van der Waals surface area contributed by atoms with E-state index in [-0.39, 0.29) is 17.5 Å². The topological polar surface area (TPSA) is 111 Å². The molecule has 4 atom stereocenters. The number of halogens is 1. The summed E-state index contributed by atoms with van der Waals surface area (Å²) in [5.74, 6) is 0.584. The summed E-state index contributed by atoms with van der Waals surface area (Å²) in [5, 5.41) is 11.4. The predicted octanol–water partition coefficient (Wildman–Crippen LogP) is 1.80. The zero-order valence-electron chi connectivity index (χ0n) is 16.5. The Morgan fingerprint density at radius 3 is 3.00 bits per heavy atom. The van der Waals surface area contributed by atoms with E-state index in [0.717, 1.165) is 19.3 Å². The van der Waals surface area contributed by atoms with Gasteiger partial charge in [-0.15, -0.1) is 5.10 Å². The molecule has 5 rings (SSSR count). The van der Waals surface area contributed by atoms with Crippen molar-refractivity contribution in [2.24, 2.45) is 0 Å². The molecule has 5 heterocycles. The second-order valence-electron chi connectivity index (χ2n) is 8.14. The Bertz CT molecular complexity index is 1090. The molecule has 1 unspecified atom stereocenters. The summed E-state index contributed by atoms with van der Waals surface area (Å²) in [6.07, 6.45) is 9.51. The summed E-state index contributed by atoms with van der Waals surface area (Å²) in [5.41, 5.74) is -0.168. The Labute approximate surface area is 171 Å². The molecule has 2 aliphatic rings. The second-order valence-corrected chi connectivity index (χ2v) is 8.14. The summed E-state index contributed by atoms with van der Waals surface area (Å²) < 4.78 is 22.5. The Morgan fingerprint density at radius 1 is 1.37 bits per heavy atom. The van der Waals surface area contributed by atoms with Crippen LogP contribution in [0.2, 0.25) is 0 Å². The van der Waals surface area contributed by atoms with Crippen molar-refractivity contribution in [3.63, 3.8) is 0 Å². The van der Waals surface area contributed by atoms with E-state index in [9.17, 15) is 4.79 Å². The minimum atomic E-state index is -1.16. The third-order valence-corrected chi connectivity index (χ3v) is 5.99. The van der Waals surface area contributed by atoms with Crippen LogP contribution in [0.15, 0.2) is 42.0 Å². The Balaban J connectivity index is 1.33. The lowest BCUT2D eigenvalue weighted by Gasteiger charge is -2.49. The molecular weight excluding hydrogens is 389 g/mol. The lowest BCUT2D eigenvalue weighted by atomic mass is 9.75. The number of alkyl halides is 1. The van der Waals surface area contributed by atoms with E-state index in [1.54, 1.807) is 29.5 Å². The van der Waals surface area contributed by atoms with E-state index in [0.29, 0.717) is 23.5 Å². The maximum atomic E-state index is 15.0. The number of fused-ring (bicyclic) bond motifs is 2. The van der Waals surface area contributed by atoms with Crippen LogP contribution in [0.1, 0.15) is 32.6 Å². The molecule has 0 amide bonds. The quantitative estimate of drug-likeness (QED) is 0.673. The minimum Gasteiger partial charge on any atom is -0.456 e. The molecule has 2 N–H and O–H groups in total. The number of aromatic amines is 1. The highest BCUT2D eigenvalue weighted by Gasteiger charge is 2.49. The van der Waals surface area contributed by atoms with Crippen molar-refractivity contribution in [1.82, 2.24) is 35.0 Å². The van der Waals surface area contributed by atoms with Crippen molar-refractivity contribution in [3.8, 4) is 23.1 Å². The zero-order chi connectivity index (χ0) is 20.7. The van der Waals surface area contributed by atoms with Gasteiger partial charge in [0.25, 0.3) is 0 Å². The van der Waals surface area contributed by atoms with Crippen LogP contribution >= 0.6 is 0 Å². The largest absolute Gasteiger partial charge is 0.456 e. The number of ether oxygens (including phenoxy) is 1. The molecule has 0 saturated carbocycles. The van der Waals surface area contributed by atoms with Gasteiger partial charge in [0.2, 0.25) is 0 Å². The molecule has 3 aromatic heterocycles. The fourth-order valence-electron chi connectivity index (χ4n) is 4.43. The maximum Gasteiger partial charge on any atom is 0.336 e. The van der Waals surface area contributed by atoms with Crippen LogP contribution in [0.25, 0.3) is 17.1 Å². The fraction of sp³-hybridized carbons (Fsp3) is 0.450. The second kappa shape index (κ2) is 7.28. The first kappa shape index (κ1) is 18.9. The molecule has 3 aromatic rings. The number of aromatic nitrogens is 6. The third-order valence-electron chi connectivity index (χ3n) is 5.99. The Morgan fingerprint density at radius 2 is 2.27 bits per heavy atom. The molecule has 9 nitrogen and oxygen atoms in total. The number of pyridine rings is 1.